The van der Waals surface area contributed by atoms with Crippen molar-refractivity contribution < 1.29 is 0 Å². The van der Waals surface area contributed by atoms with Crippen molar-refractivity contribution in [2.24, 2.45) is 4.99 Å². The van der Waals surface area contributed by atoms with E-state index in [1.807, 2.05) is 52.7 Å². The molecule has 0 aliphatic carbocycles. The number of hydrogen-bond acceptors (Lipinski definition) is 4. The van der Waals surface area contributed by atoms with Gasteiger partial charge in [-0.1, -0.05) is 36.4 Å². The molecule has 0 saturated carbocycles. The predicted molar refractivity (Wildman–Crippen MR) is 122 cm³/mol. The second-order valence-corrected chi connectivity index (χ2v) is 6.64. The third-order valence-corrected chi connectivity index (χ3v) is 4.71. The molecule has 0 bridgehead atoms. The molecule has 0 aliphatic rings. The molecule has 8 heteroatoms. The monoisotopic (exact) mass is 494 g/mol. The molecule has 0 unspecified atom stereocenters. The van der Waals surface area contributed by atoms with Gasteiger partial charge in [0.15, 0.2) is 11.8 Å². The first-order valence-corrected chi connectivity index (χ1v) is 9.42. The minimum Gasteiger partial charge on any atom is -0.356 e. The number of para-hydroxylation sites is 1. The molecule has 2 aromatic carbocycles. The molecule has 27 heavy (non-hydrogen) atoms. The van der Waals surface area contributed by atoms with Crippen LogP contribution < -0.4 is 10.6 Å². The van der Waals surface area contributed by atoms with Gasteiger partial charge in [0.05, 0.1) is 6.54 Å². The van der Waals surface area contributed by atoms with Crippen molar-refractivity contribution in [2.45, 2.75) is 11.4 Å². The zero-order valence-electron chi connectivity index (χ0n) is 15.1. The number of aromatic nitrogens is 3. The van der Waals surface area contributed by atoms with Gasteiger partial charge in [-0.3, -0.25) is 9.56 Å². The fourth-order valence-electron chi connectivity index (χ4n) is 2.42. The molecule has 0 amide bonds. The fraction of sp³-hybridized carbons (Fsp3) is 0.211. The molecule has 3 aromatic rings. The van der Waals surface area contributed by atoms with Crippen LogP contribution in [0.4, 0.5) is 0 Å². The van der Waals surface area contributed by atoms with Crippen LogP contribution in [0.2, 0.25) is 0 Å². The Kier molecular flexibility index (Phi) is 9.12. The summed E-state index contributed by atoms with van der Waals surface area (Å²) in [4.78, 5) is 5.53. The summed E-state index contributed by atoms with van der Waals surface area (Å²) in [5, 5.41) is 14.8. The maximum Gasteiger partial charge on any atom is 0.191 e. The molecule has 0 aliphatic heterocycles. The minimum atomic E-state index is 0. The Balaban J connectivity index is 0.00000261. The molecular formula is C19H23IN6S. The quantitative estimate of drug-likeness (QED) is 0.174. The molecule has 0 atom stereocenters. The van der Waals surface area contributed by atoms with Crippen molar-refractivity contribution in [2.75, 3.05) is 19.3 Å². The molecule has 0 fully saturated rings. The summed E-state index contributed by atoms with van der Waals surface area (Å²) in [5.74, 6) is 2.55. The van der Waals surface area contributed by atoms with E-state index in [0.717, 1.165) is 29.8 Å². The predicted octanol–water partition coefficient (Wildman–Crippen LogP) is 3.34. The Morgan fingerprint density at radius 1 is 1.04 bits per heavy atom. The lowest BCUT2D eigenvalue weighted by Crippen LogP contribution is -2.38. The van der Waals surface area contributed by atoms with Gasteiger partial charge in [0.2, 0.25) is 0 Å². The maximum absolute atomic E-state index is 4.26. The Morgan fingerprint density at radius 3 is 2.44 bits per heavy atom. The highest BCUT2D eigenvalue weighted by molar-refractivity contribution is 14.0. The lowest BCUT2D eigenvalue weighted by Gasteiger charge is -2.12. The molecule has 142 valence electrons. The standard InChI is InChI=1S/C19H22N6S.HI/c1-20-19(21-12-13-26-17-10-6-3-7-11-17)22-14-18-24-23-15-25(18)16-8-4-2-5-9-16;/h2-11,15H,12-14H2,1H3,(H2,20,21,22);1H. The smallest absolute Gasteiger partial charge is 0.191 e. The van der Waals surface area contributed by atoms with Crippen LogP contribution in [0.3, 0.4) is 0 Å². The molecule has 0 saturated heterocycles. The van der Waals surface area contributed by atoms with Gasteiger partial charge < -0.3 is 10.6 Å². The second kappa shape index (κ2) is 11.6. The summed E-state index contributed by atoms with van der Waals surface area (Å²) in [6.07, 6.45) is 1.72. The Labute approximate surface area is 180 Å². The Morgan fingerprint density at radius 2 is 1.74 bits per heavy atom. The van der Waals surface area contributed by atoms with Crippen LogP contribution >= 0.6 is 35.7 Å². The number of nitrogens with zero attached hydrogens (tertiary/aromatic N) is 4. The summed E-state index contributed by atoms with van der Waals surface area (Å²) in [7, 11) is 1.77. The van der Waals surface area contributed by atoms with Crippen molar-refractivity contribution >= 4 is 41.7 Å². The van der Waals surface area contributed by atoms with E-state index >= 15 is 0 Å². The Bertz CT molecular complexity index is 822. The summed E-state index contributed by atoms with van der Waals surface area (Å²) in [5.41, 5.74) is 1.04. The van der Waals surface area contributed by atoms with Crippen molar-refractivity contribution in [3.05, 3.63) is 72.8 Å². The van der Waals surface area contributed by atoms with Crippen LogP contribution in [0.5, 0.6) is 0 Å². The SMILES string of the molecule is CN=C(NCCSc1ccccc1)NCc1nncn1-c1ccccc1.I. The average Bonchev–Trinajstić information content (AvgIpc) is 3.17. The van der Waals surface area contributed by atoms with E-state index in [2.05, 4.69) is 50.1 Å². The molecule has 1 aromatic heterocycles. The minimum absolute atomic E-state index is 0. The van der Waals surface area contributed by atoms with E-state index in [-0.39, 0.29) is 24.0 Å². The topological polar surface area (TPSA) is 67.1 Å². The number of aliphatic imine (C=N–C) groups is 1. The van der Waals surface area contributed by atoms with E-state index < -0.39 is 0 Å². The first-order chi connectivity index (χ1) is 12.9. The zero-order valence-corrected chi connectivity index (χ0v) is 18.2. The lowest BCUT2D eigenvalue weighted by molar-refractivity contribution is 0.763. The number of guanidine groups is 1. The van der Waals surface area contributed by atoms with Crippen molar-refractivity contribution in [1.82, 2.24) is 25.4 Å². The molecule has 0 radical (unpaired) electrons. The van der Waals surface area contributed by atoms with Gasteiger partial charge in [-0.25, -0.2) is 0 Å². The van der Waals surface area contributed by atoms with Gasteiger partial charge in [0.25, 0.3) is 0 Å². The van der Waals surface area contributed by atoms with Crippen LogP contribution in [0.25, 0.3) is 5.69 Å². The van der Waals surface area contributed by atoms with E-state index in [1.165, 1.54) is 4.90 Å². The van der Waals surface area contributed by atoms with Gasteiger partial charge in [0.1, 0.15) is 6.33 Å². The number of benzene rings is 2. The number of thioether (sulfide) groups is 1. The van der Waals surface area contributed by atoms with Crippen molar-refractivity contribution in [1.29, 1.82) is 0 Å². The van der Waals surface area contributed by atoms with Crippen LogP contribution in [0.15, 0.2) is 76.9 Å². The van der Waals surface area contributed by atoms with Gasteiger partial charge in [-0.05, 0) is 24.3 Å². The maximum atomic E-state index is 4.26. The first kappa shape index (κ1) is 21.2. The fourth-order valence-corrected chi connectivity index (χ4v) is 3.21. The second-order valence-electron chi connectivity index (χ2n) is 5.47. The summed E-state index contributed by atoms with van der Waals surface area (Å²) in [6.45, 7) is 1.37. The number of halogens is 1. The van der Waals surface area contributed by atoms with Crippen LogP contribution in [0, 0.1) is 0 Å². The van der Waals surface area contributed by atoms with Gasteiger partial charge in [-0.2, -0.15) is 0 Å². The molecule has 3 rings (SSSR count). The highest BCUT2D eigenvalue weighted by Crippen LogP contribution is 2.15. The highest BCUT2D eigenvalue weighted by Gasteiger charge is 2.07. The van der Waals surface area contributed by atoms with E-state index in [1.54, 1.807) is 13.4 Å². The zero-order chi connectivity index (χ0) is 18.0. The van der Waals surface area contributed by atoms with E-state index in [9.17, 15) is 0 Å². The number of hydrogen-bond donors (Lipinski definition) is 2. The van der Waals surface area contributed by atoms with Crippen LogP contribution in [0.1, 0.15) is 5.82 Å². The largest absolute Gasteiger partial charge is 0.356 e. The third kappa shape index (κ3) is 6.55. The molecule has 2 N–H and O–H groups in total. The average molecular weight is 494 g/mol. The summed E-state index contributed by atoms with van der Waals surface area (Å²) < 4.78 is 1.96. The summed E-state index contributed by atoms with van der Waals surface area (Å²) in [6, 6.07) is 20.4. The molecule has 6 nitrogen and oxygen atoms in total. The third-order valence-electron chi connectivity index (χ3n) is 3.70. The lowest BCUT2D eigenvalue weighted by atomic mass is 10.3. The molecule has 1 heterocycles. The first-order valence-electron chi connectivity index (χ1n) is 8.43. The van der Waals surface area contributed by atoms with Crippen LogP contribution in [-0.2, 0) is 6.54 Å². The van der Waals surface area contributed by atoms with Gasteiger partial charge in [-0.15, -0.1) is 45.9 Å². The van der Waals surface area contributed by atoms with Crippen molar-refractivity contribution in [3.63, 3.8) is 0 Å². The highest BCUT2D eigenvalue weighted by atomic mass is 127. The molecule has 0 spiro atoms. The van der Waals surface area contributed by atoms with E-state index in [0.29, 0.717) is 6.54 Å². The van der Waals surface area contributed by atoms with E-state index in [4.69, 9.17) is 0 Å². The number of nitrogens with one attached hydrogen (secondary N) is 2. The van der Waals surface area contributed by atoms with Gasteiger partial charge in [0, 0.05) is 29.9 Å². The van der Waals surface area contributed by atoms with Crippen LogP contribution in [-0.4, -0.2) is 40.1 Å². The molecular weight excluding hydrogens is 471 g/mol. The summed E-state index contributed by atoms with van der Waals surface area (Å²) >= 11 is 1.82. The Hall–Kier alpha value is -2.07. The van der Waals surface area contributed by atoms with Gasteiger partial charge >= 0.3 is 0 Å². The van der Waals surface area contributed by atoms with Crippen molar-refractivity contribution in [3.8, 4) is 5.69 Å². The normalized spacial score (nSPS) is 10.9. The number of rotatable bonds is 7.